The van der Waals surface area contributed by atoms with Crippen LogP contribution < -0.4 is 10.2 Å². The van der Waals surface area contributed by atoms with Gasteiger partial charge in [0.15, 0.2) is 6.10 Å². The molecular weight excluding hydrogens is 340 g/mol. The largest absolute Gasteiger partial charge is 0.449 e. The number of nitrogens with one attached hydrogen (secondary N) is 1. The van der Waals surface area contributed by atoms with Gasteiger partial charge in [-0.05, 0) is 55.5 Å². The molecule has 0 fully saturated rings. The average Bonchev–Trinajstić information content (AvgIpc) is 2.68. The molecule has 0 saturated carbocycles. The Bertz CT molecular complexity index is 832. The van der Waals surface area contributed by atoms with Crippen molar-refractivity contribution < 1.29 is 14.3 Å². The summed E-state index contributed by atoms with van der Waals surface area (Å²) in [6.45, 7) is 1.61. The number of hydrogen-bond acceptors (Lipinski definition) is 4. The molecule has 5 heteroatoms. The number of aryl methyl sites for hydroxylation is 1. The van der Waals surface area contributed by atoms with Crippen molar-refractivity contribution in [1.29, 1.82) is 0 Å². The molecule has 1 N–H and O–H groups in total. The van der Waals surface area contributed by atoms with Crippen LogP contribution in [0.4, 0.5) is 5.69 Å². The van der Waals surface area contributed by atoms with Crippen LogP contribution in [-0.4, -0.2) is 32.1 Å². The van der Waals surface area contributed by atoms with Gasteiger partial charge in [0.2, 0.25) is 0 Å². The zero-order valence-electron chi connectivity index (χ0n) is 16.1. The number of anilines is 1. The third-order valence-electron chi connectivity index (χ3n) is 4.94. The van der Waals surface area contributed by atoms with Crippen LogP contribution in [0, 0.1) is 0 Å². The van der Waals surface area contributed by atoms with Crippen LogP contribution in [0.1, 0.15) is 47.3 Å². The SMILES string of the molecule is C[C@@H](OC(=O)c1cccc(N(C)C)c1)C(=O)N[C@@H]1CCCc2ccccc21. The topological polar surface area (TPSA) is 58.6 Å². The Labute approximate surface area is 160 Å². The van der Waals surface area contributed by atoms with Crippen molar-refractivity contribution in [3.05, 3.63) is 65.2 Å². The predicted molar refractivity (Wildman–Crippen MR) is 106 cm³/mol. The molecule has 0 spiro atoms. The molecule has 0 aliphatic heterocycles. The van der Waals surface area contributed by atoms with E-state index in [0.717, 1.165) is 30.5 Å². The van der Waals surface area contributed by atoms with Gasteiger partial charge in [0, 0.05) is 19.8 Å². The van der Waals surface area contributed by atoms with Crippen molar-refractivity contribution in [2.75, 3.05) is 19.0 Å². The molecule has 1 aliphatic rings. The highest BCUT2D eigenvalue weighted by Gasteiger charge is 2.25. The molecule has 142 valence electrons. The standard InChI is InChI=1S/C22H26N2O3/c1-15(27-22(26)17-10-6-11-18(14-17)24(2)3)21(25)23-20-13-7-9-16-8-4-5-12-19(16)20/h4-6,8,10-12,14-15,20H,7,9,13H2,1-3H3,(H,23,25)/t15-,20-/m1/s1. The number of rotatable bonds is 5. The van der Waals surface area contributed by atoms with Gasteiger partial charge >= 0.3 is 5.97 Å². The Kier molecular flexibility index (Phi) is 5.79. The van der Waals surface area contributed by atoms with Gasteiger partial charge < -0.3 is 15.0 Å². The third kappa shape index (κ3) is 4.48. The Morgan fingerprint density at radius 1 is 1.15 bits per heavy atom. The van der Waals surface area contributed by atoms with Gasteiger partial charge in [0.05, 0.1) is 11.6 Å². The number of carbonyl (C=O) groups is 2. The lowest BCUT2D eigenvalue weighted by Gasteiger charge is -2.27. The molecule has 2 aromatic rings. The van der Waals surface area contributed by atoms with Gasteiger partial charge in [-0.1, -0.05) is 30.3 Å². The van der Waals surface area contributed by atoms with Crippen molar-refractivity contribution in [3.8, 4) is 0 Å². The fourth-order valence-electron chi connectivity index (χ4n) is 3.39. The molecule has 2 atom stereocenters. The van der Waals surface area contributed by atoms with Crippen molar-refractivity contribution in [2.24, 2.45) is 0 Å². The van der Waals surface area contributed by atoms with E-state index in [9.17, 15) is 9.59 Å². The van der Waals surface area contributed by atoms with Crippen LogP contribution in [0.5, 0.6) is 0 Å². The van der Waals surface area contributed by atoms with E-state index >= 15 is 0 Å². The summed E-state index contributed by atoms with van der Waals surface area (Å²) >= 11 is 0. The van der Waals surface area contributed by atoms with Crippen LogP contribution in [0.15, 0.2) is 48.5 Å². The van der Waals surface area contributed by atoms with Gasteiger partial charge in [-0.2, -0.15) is 0 Å². The van der Waals surface area contributed by atoms with E-state index in [2.05, 4.69) is 17.4 Å². The molecule has 2 aromatic carbocycles. The molecule has 0 unspecified atom stereocenters. The number of esters is 1. The highest BCUT2D eigenvalue weighted by Crippen LogP contribution is 2.29. The molecule has 3 rings (SSSR count). The van der Waals surface area contributed by atoms with Gasteiger partial charge in [-0.15, -0.1) is 0 Å². The first-order chi connectivity index (χ1) is 13.0. The molecule has 27 heavy (non-hydrogen) atoms. The van der Waals surface area contributed by atoms with E-state index in [4.69, 9.17) is 4.74 Å². The fourth-order valence-corrected chi connectivity index (χ4v) is 3.39. The molecule has 0 heterocycles. The lowest BCUT2D eigenvalue weighted by atomic mass is 9.87. The Morgan fingerprint density at radius 3 is 2.70 bits per heavy atom. The summed E-state index contributed by atoms with van der Waals surface area (Å²) in [6.07, 6.45) is 2.12. The summed E-state index contributed by atoms with van der Waals surface area (Å²) < 4.78 is 5.39. The van der Waals surface area contributed by atoms with E-state index < -0.39 is 12.1 Å². The summed E-state index contributed by atoms with van der Waals surface area (Å²) in [6, 6.07) is 15.3. The zero-order valence-corrected chi connectivity index (χ0v) is 16.1. The second-order valence-corrected chi connectivity index (χ2v) is 7.14. The van der Waals surface area contributed by atoms with Crippen molar-refractivity contribution in [2.45, 2.75) is 38.3 Å². The summed E-state index contributed by atoms with van der Waals surface area (Å²) in [7, 11) is 3.81. The van der Waals surface area contributed by atoms with Crippen molar-refractivity contribution >= 4 is 17.6 Å². The molecule has 0 aromatic heterocycles. The number of hydrogen-bond donors (Lipinski definition) is 1. The summed E-state index contributed by atoms with van der Waals surface area (Å²) in [5, 5.41) is 3.04. The number of nitrogens with zero attached hydrogens (tertiary/aromatic N) is 1. The lowest BCUT2D eigenvalue weighted by Crippen LogP contribution is -2.39. The summed E-state index contributed by atoms with van der Waals surface area (Å²) in [5.74, 6) is -0.765. The molecule has 1 aliphatic carbocycles. The van der Waals surface area contributed by atoms with Crippen LogP contribution in [0.25, 0.3) is 0 Å². The number of benzene rings is 2. The van der Waals surface area contributed by atoms with Crippen molar-refractivity contribution in [3.63, 3.8) is 0 Å². The minimum Gasteiger partial charge on any atom is -0.449 e. The molecule has 0 bridgehead atoms. The molecule has 5 nitrogen and oxygen atoms in total. The smallest absolute Gasteiger partial charge is 0.338 e. The second-order valence-electron chi connectivity index (χ2n) is 7.14. The number of amides is 1. The predicted octanol–water partition coefficient (Wildman–Crippen LogP) is 3.49. The first kappa shape index (κ1) is 19.0. The van der Waals surface area contributed by atoms with Crippen LogP contribution in [0.3, 0.4) is 0 Å². The maximum atomic E-state index is 12.6. The van der Waals surface area contributed by atoms with Crippen molar-refractivity contribution in [1.82, 2.24) is 5.32 Å². The third-order valence-corrected chi connectivity index (χ3v) is 4.94. The summed E-state index contributed by atoms with van der Waals surface area (Å²) in [5.41, 5.74) is 3.78. The second kappa shape index (κ2) is 8.25. The number of carbonyl (C=O) groups excluding carboxylic acids is 2. The molecular formula is C22H26N2O3. The Hall–Kier alpha value is -2.82. The maximum absolute atomic E-state index is 12.6. The summed E-state index contributed by atoms with van der Waals surface area (Å²) in [4.78, 5) is 26.9. The van der Waals surface area contributed by atoms with Gasteiger partial charge in [-0.3, -0.25) is 4.79 Å². The minimum atomic E-state index is -0.852. The van der Waals surface area contributed by atoms with Crippen LogP contribution in [0.2, 0.25) is 0 Å². The first-order valence-electron chi connectivity index (χ1n) is 9.32. The lowest BCUT2D eigenvalue weighted by molar-refractivity contribution is -0.130. The van der Waals surface area contributed by atoms with E-state index in [1.165, 1.54) is 5.56 Å². The Morgan fingerprint density at radius 2 is 1.93 bits per heavy atom. The molecule has 1 amide bonds. The monoisotopic (exact) mass is 366 g/mol. The van der Waals surface area contributed by atoms with E-state index in [-0.39, 0.29) is 11.9 Å². The minimum absolute atomic E-state index is 0.0272. The maximum Gasteiger partial charge on any atom is 0.338 e. The molecule has 0 radical (unpaired) electrons. The van der Waals surface area contributed by atoms with Gasteiger partial charge in [-0.25, -0.2) is 4.79 Å². The first-order valence-corrected chi connectivity index (χ1v) is 9.32. The van der Waals surface area contributed by atoms with E-state index in [1.54, 1.807) is 25.1 Å². The van der Waals surface area contributed by atoms with Crippen LogP contribution >= 0.6 is 0 Å². The normalized spacial score (nSPS) is 16.8. The van der Waals surface area contributed by atoms with Crippen LogP contribution in [-0.2, 0) is 16.0 Å². The van der Waals surface area contributed by atoms with Gasteiger partial charge in [0.1, 0.15) is 0 Å². The van der Waals surface area contributed by atoms with Gasteiger partial charge in [0.25, 0.3) is 5.91 Å². The fraction of sp³-hybridized carbons (Fsp3) is 0.364. The average molecular weight is 366 g/mol. The Balaban J connectivity index is 1.63. The quantitative estimate of drug-likeness (QED) is 0.823. The van der Waals surface area contributed by atoms with E-state index in [0.29, 0.717) is 5.56 Å². The van der Waals surface area contributed by atoms with E-state index in [1.807, 2.05) is 37.2 Å². The zero-order chi connectivity index (χ0) is 19.4. The highest BCUT2D eigenvalue weighted by atomic mass is 16.5. The number of fused-ring (bicyclic) bond motifs is 1. The number of ether oxygens (including phenoxy) is 1. The highest BCUT2D eigenvalue weighted by molar-refractivity contribution is 5.93. The molecule has 0 saturated heterocycles.